The molecular weight excluding hydrogens is 459 g/mol. The first-order chi connectivity index (χ1) is 14.8. The van der Waals surface area contributed by atoms with Crippen LogP contribution in [-0.2, 0) is 11.3 Å². The first-order valence-electron chi connectivity index (χ1n) is 10.4. The van der Waals surface area contributed by atoms with Gasteiger partial charge in [0.05, 0.1) is 10.8 Å². The number of thioether (sulfide) groups is 1. The summed E-state index contributed by atoms with van der Waals surface area (Å²) in [5, 5.41) is 1.02. The number of carbonyl (C=O) groups is 1. The first-order valence-corrected chi connectivity index (χ1v) is 12.1. The smallest absolute Gasteiger partial charge is 0.330 e. The van der Waals surface area contributed by atoms with Gasteiger partial charge in [-0.15, -0.1) is 11.8 Å². The van der Waals surface area contributed by atoms with Crippen molar-refractivity contribution in [3.8, 4) is 0 Å². The Morgan fingerprint density at radius 3 is 2.68 bits per heavy atom. The second kappa shape index (κ2) is 10.6. The fraction of sp³-hybridized carbons (Fsp3) is 0.476. The molecule has 0 bridgehead atoms. The number of aromatic nitrogens is 2. The molecule has 1 saturated carbocycles. The summed E-state index contributed by atoms with van der Waals surface area (Å²) in [5.74, 6) is -0.164. The Bertz CT molecular complexity index is 1060. The van der Waals surface area contributed by atoms with E-state index in [1.807, 2.05) is 6.92 Å². The van der Waals surface area contributed by atoms with Crippen molar-refractivity contribution in [3.63, 3.8) is 0 Å². The number of unbranched alkanes of at least 4 members (excludes halogenated alkanes) is 1. The van der Waals surface area contributed by atoms with E-state index in [-0.39, 0.29) is 29.2 Å². The third-order valence-corrected chi connectivity index (χ3v) is 7.11. The summed E-state index contributed by atoms with van der Waals surface area (Å²) in [5.41, 5.74) is 5.15. The minimum absolute atomic E-state index is 0.0354. The molecule has 3 rings (SSSR count). The van der Waals surface area contributed by atoms with Gasteiger partial charge in [-0.3, -0.25) is 19.1 Å². The van der Waals surface area contributed by atoms with Crippen molar-refractivity contribution >= 4 is 52.4 Å². The maximum Gasteiger partial charge on any atom is 0.330 e. The van der Waals surface area contributed by atoms with E-state index in [2.05, 4.69) is 4.98 Å². The number of benzene rings is 1. The van der Waals surface area contributed by atoms with Crippen LogP contribution in [0.3, 0.4) is 0 Å². The third kappa shape index (κ3) is 5.48. The Morgan fingerprint density at radius 2 is 2.00 bits per heavy atom. The molecule has 1 fully saturated rings. The van der Waals surface area contributed by atoms with Crippen LogP contribution in [0.2, 0.25) is 10.0 Å². The van der Waals surface area contributed by atoms with Crippen molar-refractivity contribution in [2.45, 2.75) is 62.9 Å². The highest BCUT2D eigenvalue weighted by Crippen LogP contribution is 2.33. The number of halogens is 2. The highest BCUT2D eigenvalue weighted by molar-refractivity contribution is 8.00. The number of amides is 1. The number of rotatable bonds is 8. The normalized spacial score (nSPS) is 14.2. The highest BCUT2D eigenvalue weighted by Gasteiger charge is 2.32. The van der Waals surface area contributed by atoms with E-state index >= 15 is 0 Å². The molecule has 0 aliphatic heterocycles. The molecule has 1 aliphatic carbocycles. The standard InChI is InChI=1S/C21H26Cl2N4O3S/c1-2-3-10-26-19(24)18(20(29)25-21(26)30)27(14-6-4-5-7-14)17(28)12-31-16-11-13(22)8-9-15(16)23/h8-9,11,14H,2-7,10,12,24H2,1H3,(H,25,29,30). The molecule has 1 heterocycles. The van der Waals surface area contributed by atoms with Crippen LogP contribution in [-0.4, -0.2) is 27.3 Å². The van der Waals surface area contributed by atoms with Crippen molar-refractivity contribution < 1.29 is 4.79 Å². The number of nitrogens with zero attached hydrogens (tertiary/aromatic N) is 2. The largest absolute Gasteiger partial charge is 0.383 e. The molecule has 0 unspecified atom stereocenters. The molecule has 1 aromatic carbocycles. The number of nitrogen functional groups attached to an aromatic ring is 1. The summed E-state index contributed by atoms with van der Waals surface area (Å²) < 4.78 is 1.34. The zero-order chi connectivity index (χ0) is 22.5. The van der Waals surface area contributed by atoms with Gasteiger partial charge in [0.25, 0.3) is 5.56 Å². The number of carbonyl (C=O) groups excluding carboxylic acids is 1. The first kappa shape index (κ1) is 23.8. The molecule has 0 saturated heterocycles. The van der Waals surface area contributed by atoms with Crippen LogP contribution in [0, 0.1) is 0 Å². The Morgan fingerprint density at radius 1 is 1.29 bits per heavy atom. The predicted molar refractivity (Wildman–Crippen MR) is 128 cm³/mol. The monoisotopic (exact) mass is 484 g/mol. The van der Waals surface area contributed by atoms with Crippen molar-refractivity contribution in [1.29, 1.82) is 0 Å². The van der Waals surface area contributed by atoms with Gasteiger partial charge < -0.3 is 10.6 Å². The number of nitrogens with one attached hydrogen (secondary N) is 1. The summed E-state index contributed by atoms with van der Waals surface area (Å²) in [6.07, 6.45) is 5.09. The molecule has 3 N–H and O–H groups in total. The van der Waals surface area contributed by atoms with Gasteiger partial charge in [-0.25, -0.2) is 4.79 Å². The molecule has 0 radical (unpaired) electrons. The van der Waals surface area contributed by atoms with Crippen LogP contribution in [0.25, 0.3) is 0 Å². The van der Waals surface area contributed by atoms with Crippen LogP contribution in [0.4, 0.5) is 11.5 Å². The zero-order valence-corrected chi connectivity index (χ0v) is 19.7. The van der Waals surface area contributed by atoms with E-state index in [0.717, 1.165) is 38.5 Å². The predicted octanol–water partition coefficient (Wildman–Crippen LogP) is 4.29. The lowest BCUT2D eigenvalue weighted by Gasteiger charge is -2.30. The van der Waals surface area contributed by atoms with Crippen LogP contribution >= 0.6 is 35.0 Å². The van der Waals surface area contributed by atoms with Gasteiger partial charge in [-0.2, -0.15) is 0 Å². The lowest BCUT2D eigenvalue weighted by atomic mass is 10.2. The topological polar surface area (TPSA) is 101 Å². The fourth-order valence-corrected chi connectivity index (χ4v) is 5.17. The molecule has 10 heteroatoms. The van der Waals surface area contributed by atoms with Gasteiger partial charge in [-0.1, -0.05) is 49.4 Å². The Labute approximate surface area is 194 Å². The van der Waals surface area contributed by atoms with Crippen molar-refractivity contribution in [3.05, 3.63) is 49.1 Å². The number of anilines is 2. The van der Waals surface area contributed by atoms with Gasteiger partial charge in [0.2, 0.25) is 5.91 Å². The number of H-pyrrole nitrogens is 1. The summed E-state index contributed by atoms with van der Waals surface area (Å²) in [4.78, 5) is 42.9. The Hall–Kier alpha value is -1.90. The minimum Gasteiger partial charge on any atom is -0.383 e. The van der Waals surface area contributed by atoms with Crippen LogP contribution in [0.5, 0.6) is 0 Å². The van der Waals surface area contributed by atoms with Gasteiger partial charge in [0, 0.05) is 22.5 Å². The van der Waals surface area contributed by atoms with Crippen LogP contribution in [0.15, 0.2) is 32.7 Å². The Kier molecular flexibility index (Phi) is 8.13. The maximum atomic E-state index is 13.3. The fourth-order valence-electron chi connectivity index (χ4n) is 3.82. The lowest BCUT2D eigenvalue weighted by molar-refractivity contribution is -0.116. The van der Waals surface area contributed by atoms with E-state index in [0.29, 0.717) is 21.5 Å². The van der Waals surface area contributed by atoms with Crippen LogP contribution in [0.1, 0.15) is 45.4 Å². The molecule has 1 aromatic heterocycles. The lowest BCUT2D eigenvalue weighted by Crippen LogP contribution is -2.46. The van der Waals surface area contributed by atoms with E-state index in [4.69, 9.17) is 28.9 Å². The second-order valence-corrected chi connectivity index (χ2v) is 9.42. The van der Waals surface area contributed by atoms with E-state index in [1.54, 1.807) is 18.2 Å². The molecule has 0 atom stereocenters. The summed E-state index contributed by atoms with van der Waals surface area (Å²) >= 11 is 13.5. The summed E-state index contributed by atoms with van der Waals surface area (Å²) in [6.45, 7) is 2.38. The number of aromatic amines is 1. The SMILES string of the molecule is CCCCn1c(N)c(N(C(=O)CSc2cc(Cl)ccc2Cl)C2CCCC2)c(=O)[nH]c1=O. The van der Waals surface area contributed by atoms with E-state index in [9.17, 15) is 14.4 Å². The van der Waals surface area contributed by atoms with Crippen molar-refractivity contribution in [2.75, 3.05) is 16.4 Å². The molecule has 2 aromatic rings. The minimum atomic E-state index is -0.638. The van der Waals surface area contributed by atoms with Crippen molar-refractivity contribution in [1.82, 2.24) is 9.55 Å². The van der Waals surface area contributed by atoms with Gasteiger partial charge in [0.1, 0.15) is 5.82 Å². The third-order valence-electron chi connectivity index (χ3n) is 5.39. The average molecular weight is 485 g/mol. The van der Waals surface area contributed by atoms with E-state index < -0.39 is 11.2 Å². The second-order valence-electron chi connectivity index (χ2n) is 7.56. The zero-order valence-electron chi connectivity index (χ0n) is 17.3. The molecular formula is C21H26Cl2N4O3S. The Balaban J connectivity index is 1.96. The summed E-state index contributed by atoms with van der Waals surface area (Å²) in [6, 6.07) is 4.93. The molecule has 168 valence electrons. The molecule has 1 aliphatic rings. The number of hydrogen-bond donors (Lipinski definition) is 2. The quantitative estimate of drug-likeness (QED) is 0.544. The average Bonchev–Trinajstić information content (AvgIpc) is 3.25. The molecule has 31 heavy (non-hydrogen) atoms. The molecule has 7 nitrogen and oxygen atoms in total. The number of nitrogens with two attached hydrogens (primary N) is 1. The van der Waals surface area contributed by atoms with Crippen LogP contribution < -0.4 is 21.9 Å². The highest BCUT2D eigenvalue weighted by atomic mass is 35.5. The van der Waals surface area contributed by atoms with E-state index in [1.165, 1.54) is 21.2 Å². The maximum absolute atomic E-state index is 13.3. The van der Waals surface area contributed by atoms with Gasteiger partial charge in [-0.05, 0) is 37.5 Å². The van der Waals surface area contributed by atoms with Gasteiger partial charge >= 0.3 is 5.69 Å². The molecule has 1 amide bonds. The molecule has 0 spiro atoms. The van der Waals surface area contributed by atoms with Crippen molar-refractivity contribution in [2.24, 2.45) is 0 Å². The summed E-state index contributed by atoms with van der Waals surface area (Å²) in [7, 11) is 0. The van der Waals surface area contributed by atoms with Gasteiger partial charge in [0.15, 0.2) is 5.69 Å². The number of hydrogen-bond acceptors (Lipinski definition) is 5.